The van der Waals surface area contributed by atoms with E-state index in [-0.39, 0.29) is 0 Å². The number of hydrogen-bond acceptors (Lipinski definition) is 4. The lowest BCUT2D eigenvalue weighted by Crippen LogP contribution is -1.94. The van der Waals surface area contributed by atoms with Gasteiger partial charge in [-0.05, 0) is 24.1 Å². The molecule has 66 valence electrons. The Morgan fingerprint density at radius 3 is 2.75 bits per heavy atom. The third-order valence-corrected chi connectivity index (χ3v) is 3.09. The van der Waals surface area contributed by atoms with E-state index < -0.39 is 0 Å². The maximum absolute atomic E-state index is 5.71. The highest BCUT2D eigenvalue weighted by Crippen LogP contribution is 2.28. The standard InChI is InChI=1S/C8H11NS3/c1-5-2-3-7(9)8(10)6(5)4-12-11/h2-3,10-11H,4,9H2,1H3. The zero-order valence-corrected chi connectivity index (χ0v) is 9.35. The van der Waals surface area contributed by atoms with Crippen LogP contribution in [-0.2, 0) is 5.75 Å². The van der Waals surface area contributed by atoms with E-state index in [4.69, 9.17) is 5.73 Å². The molecule has 1 aromatic carbocycles. The fourth-order valence-electron chi connectivity index (χ4n) is 1.00. The Kier molecular flexibility index (Phi) is 3.68. The van der Waals surface area contributed by atoms with Gasteiger partial charge in [0.2, 0.25) is 0 Å². The van der Waals surface area contributed by atoms with Gasteiger partial charge in [0, 0.05) is 16.3 Å². The molecular formula is C8H11NS3. The predicted molar refractivity (Wildman–Crippen MR) is 63.1 cm³/mol. The first kappa shape index (κ1) is 10.2. The molecule has 0 bridgehead atoms. The van der Waals surface area contributed by atoms with E-state index in [0.29, 0.717) is 0 Å². The van der Waals surface area contributed by atoms with Crippen molar-refractivity contribution in [2.24, 2.45) is 0 Å². The highest BCUT2D eigenvalue weighted by Gasteiger charge is 2.04. The predicted octanol–water partition coefficient (Wildman–Crippen LogP) is 2.94. The molecule has 0 unspecified atom stereocenters. The second-order valence-corrected chi connectivity index (χ2v) is 4.34. The third-order valence-electron chi connectivity index (χ3n) is 1.76. The van der Waals surface area contributed by atoms with Crippen LogP contribution in [0.3, 0.4) is 0 Å². The minimum Gasteiger partial charge on any atom is -0.398 e. The second-order valence-electron chi connectivity index (χ2n) is 2.57. The Balaban J connectivity index is 3.14. The molecule has 0 spiro atoms. The van der Waals surface area contributed by atoms with Gasteiger partial charge in [-0.15, -0.1) is 24.3 Å². The van der Waals surface area contributed by atoms with E-state index in [0.717, 1.165) is 16.3 Å². The smallest absolute Gasteiger partial charge is 0.0452 e. The van der Waals surface area contributed by atoms with E-state index in [1.165, 1.54) is 21.9 Å². The van der Waals surface area contributed by atoms with Crippen LogP contribution in [0, 0.1) is 6.92 Å². The number of nitrogens with two attached hydrogens (primary N) is 1. The normalized spacial score (nSPS) is 10.2. The largest absolute Gasteiger partial charge is 0.398 e. The zero-order chi connectivity index (χ0) is 9.14. The van der Waals surface area contributed by atoms with Crippen LogP contribution >= 0.6 is 35.1 Å². The second kappa shape index (κ2) is 4.35. The Hall–Kier alpha value is 0.0700. The summed E-state index contributed by atoms with van der Waals surface area (Å²) in [5.74, 6) is 0.846. The molecule has 0 saturated heterocycles. The summed E-state index contributed by atoms with van der Waals surface area (Å²) in [6, 6.07) is 3.89. The number of thiol groups is 2. The first-order chi connectivity index (χ1) is 5.66. The molecule has 0 radical (unpaired) electrons. The first-order valence-corrected chi connectivity index (χ1v) is 5.98. The van der Waals surface area contributed by atoms with Gasteiger partial charge in [-0.3, -0.25) is 0 Å². The van der Waals surface area contributed by atoms with Crippen molar-refractivity contribution in [3.05, 3.63) is 23.3 Å². The summed E-state index contributed by atoms with van der Waals surface area (Å²) in [4.78, 5) is 0.886. The summed E-state index contributed by atoms with van der Waals surface area (Å²) in [7, 11) is 1.48. The van der Waals surface area contributed by atoms with Gasteiger partial charge in [0.15, 0.2) is 0 Å². The van der Waals surface area contributed by atoms with E-state index in [1.807, 2.05) is 12.1 Å². The molecule has 1 nitrogen and oxygen atoms in total. The Morgan fingerprint density at radius 1 is 1.50 bits per heavy atom. The summed E-state index contributed by atoms with van der Waals surface area (Å²) < 4.78 is 0. The Labute approximate surface area is 87.3 Å². The summed E-state index contributed by atoms with van der Waals surface area (Å²) in [6.07, 6.45) is 0. The van der Waals surface area contributed by atoms with E-state index in [1.54, 1.807) is 0 Å². The molecule has 0 aliphatic carbocycles. The van der Waals surface area contributed by atoms with Crippen molar-refractivity contribution < 1.29 is 0 Å². The molecule has 0 aliphatic rings. The lowest BCUT2D eigenvalue weighted by atomic mass is 10.1. The molecule has 1 aromatic rings. The number of rotatable bonds is 2. The van der Waals surface area contributed by atoms with Gasteiger partial charge >= 0.3 is 0 Å². The Bertz CT molecular complexity index is 286. The molecule has 4 heteroatoms. The molecule has 2 N–H and O–H groups in total. The highest BCUT2D eigenvalue weighted by atomic mass is 33.1. The number of aryl methyl sites for hydroxylation is 1. The third kappa shape index (κ3) is 2.06. The minimum atomic E-state index is 0.737. The van der Waals surface area contributed by atoms with Gasteiger partial charge in [0.25, 0.3) is 0 Å². The van der Waals surface area contributed by atoms with Crippen LogP contribution in [0.2, 0.25) is 0 Å². The van der Waals surface area contributed by atoms with Crippen molar-refractivity contribution in [2.45, 2.75) is 17.6 Å². The number of nitrogen functional groups attached to an aromatic ring is 1. The maximum Gasteiger partial charge on any atom is 0.0452 e. The van der Waals surface area contributed by atoms with Crippen LogP contribution in [0.5, 0.6) is 0 Å². The monoisotopic (exact) mass is 217 g/mol. The highest BCUT2D eigenvalue weighted by molar-refractivity contribution is 8.68. The van der Waals surface area contributed by atoms with Crippen molar-refractivity contribution in [1.29, 1.82) is 0 Å². The van der Waals surface area contributed by atoms with Crippen LogP contribution in [0.4, 0.5) is 5.69 Å². The average Bonchev–Trinajstić information content (AvgIpc) is 2.06. The molecule has 1 rings (SSSR count). The van der Waals surface area contributed by atoms with Crippen molar-refractivity contribution in [2.75, 3.05) is 5.73 Å². The fraction of sp³-hybridized carbons (Fsp3) is 0.250. The van der Waals surface area contributed by atoms with Gasteiger partial charge in [0.05, 0.1) is 0 Å². The van der Waals surface area contributed by atoms with Crippen LogP contribution in [0.25, 0.3) is 0 Å². The summed E-state index contributed by atoms with van der Waals surface area (Å²) in [5.41, 5.74) is 8.84. The van der Waals surface area contributed by atoms with Gasteiger partial charge in [0.1, 0.15) is 0 Å². The Morgan fingerprint density at radius 2 is 2.17 bits per heavy atom. The van der Waals surface area contributed by atoms with Crippen LogP contribution < -0.4 is 5.73 Å². The molecule has 0 fully saturated rings. The summed E-state index contributed by atoms with van der Waals surface area (Å²) in [6.45, 7) is 2.05. The topological polar surface area (TPSA) is 26.0 Å². The van der Waals surface area contributed by atoms with Crippen molar-refractivity contribution in [3.8, 4) is 0 Å². The quantitative estimate of drug-likeness (QED) is 0.403. The van der Waals surface area contributed by atoms with E-state index >= 15 is 0 Å². The summed E-state index contributed by atoms with van der Waals surface area (Å²) >= 11 is 8.45. The number of hydrogen-bond donors (Lipinski definition) is 3. The summed E-state index contributed by atoms with van der Waals surface area (Å²) in [5, 5.41) is 0. The maximum atomic E-state index is 5.71. The minimum absolute atomic E-state index is 0.737. The lowest BCUT2D eigenvalue weighted by molar-refractivity contribution is 1.22. The molecule has 0 atom stereocenters. The van der Waals surface area contributed by atoms with Crippen molar-refractivity contribution in [1.82, 2.24) is 0 Å². The zero-order valence-electron chi connectivity index (χ0n) is 6.74. The average molecular weight is 217 g/mol. The fourth-order valence-corrected chi connectivity index (χ4v) is 2.33. The van der Waals surface area contributed by atoms with E-state index in [9.17, 15) is 0 Å². The SMILES string of the molecule is Cc1ccc(N)c(S)c1CSS. The molecule has 12 heavy (non-hydrogen) atoms. The van der Waals surface area contributed by atoms with E-state index in [2.05, 4.69) is 31.2 Å². The van der Waals surface area contributed by atoms with Crippen molar-refractivity contribution in [3.63, 3.8) is 0 Å². The molecule has 0 amide bonds. The van der Waals surface area contributed by atoms with Crippen LogP contribution in [-0.4, -0.2) is 0 Å². The van der Waals surface area contributed by atoms with Crippen LogP contribution in [0.15, 0.2) is 17.0 Å². The number of benzene rings is 1. The van der Waals surface area contributed by atoms with Gasteiger partial charge < -0.3 is 5.73 Å². The molecule has 0 aliphatic heterocycles. The molecular weight excluding hydrogens is 206 g/mol. The molecule has 0 aromatic heterocycles. The first-order valence-electron chi connectivity index (χ1n) is 3.50. The van der Waals surface area contributed by atoms with Gasteiger partial charge in [-0.2, -0.15) is 0 Å². The van der Waals surface area contributed by atoms with Gasteiger partial charge in [-0.25, -0.2) is 0 Å². The number of anilines is 1. The van der Waals surface area contributed by atoms with Crippen molar-refractivity contribution >= 4 is 40.8 Å². The molecule has 0 heterocycles. The molecule has 0 saturated carbocycles. The van der Waals surface area contributed by atoms with Crippen LogP contribution in [0.1, 0.15) is 11.1 Å². The van der Waals surface area contributed by atoms with Gasteiger partial charge in [-0.1, -0.05) is 16.9 Å². The lowest BCUT2D eigenvalue weighted by Gasteiger charge is -2.09.